The second kappa shape index (κ2) is 3.94. The lowest BCUT2D eigenvalue weighted by atomic mass is 10.3. The molecule has 0 aromatic heterocycles. The lowest BCUT2D eigenvalue weighted by Gasteiger charge is -2.16. The molecular formula is C6H6F2N2O3. The standard InChI is InChI=1S/C6H6F2N2O3/c7-6(8)13-5-4(10(11)12)2-1-3-9-5/h1-3,5-6,9H. The molecule has 1 unspecified atom stereocenters. The van der Waals surface area contributed by atoms with Gasteiger partial charge in [-0.2, -0.15) is 8.78 Å². The van der Waals surface area contributed by atoms with E-state index in [9.17, 15) is 18.9 Å². The molecule has 0 saturated carbocycles. The van der Waals surface area contributed by atoms with Crippen molar-refractivity contribution in [1.82, 2.24) is 5.32 Å². The van der Waals surface area contributed by atoms with E-state index in [2.05, 4.69) is 10.1 Å². The van der Waals surface area contributed by atoms with Crippen LogP contribution in [0.25, 0.3) is 0 Å². The van der Waals surface area contributed by atoms with Gasteiger partial charge in [0.2, 0.25) is 6.23 Å². The van der Waals surface area contributed by atoms with Crippen molar-refractivity contribution in [1.29, 1.82) is 0 Å². The molecule has 0 fully saturated rings. The normalized spacial score (nSPS) is 21.2. The Hall–Kier alpha value is -1.50. The van der Waals surface area contributed by atoms with Crippen LogP contribution in [0.2, 0.25) is 0 Å². The molecule has 7 heteroatoms. The van der Waals surface area contributed by atoms with E-state index in [1.54, 1.807) is 0 Å². The van der Waals surface area contributed by atoms with E-state index in [1.165, 1.54) is 12.3 Å². The highest BCUT2D eigenvalue weighted by Crippen LogP contribution is 2.12. The summed E-state index contributed by atoms with van der Waals surface area (Å²) in [6.07, 6.45) is 2.34. The maximum Gasteiger partial charge on any atom is 0.347 e. The highest BCUT2D eigenvalue weighted by Gasteiger charge is 2.28. The smallest absolute Gasteiger partial charge is 0.347 e. The first-order valence-electron chi connectivity index (χ1n) is 3.32. The summed E-state index contributed by atoms with van der Waals surface area (Å²) in [6.45, 7) is -3.05. The Kier molecular flexibility index (Phi) is 2.91. The van der Waals surface area contributed by atoms with Gasteiger partial charge in [0.25, 0.3) is 5.70 Å². The SMILES string of the molecule is O=[N+]([O-])C1=CC=CNC1OC(F)F. The molecule has 1 aliphatic heterocycles. The van der Waals surface area contributed by atoms with E-state index in [0.717, 1.165) is 6.08 Å². The van der Waals surface area contributed by atoms with E-state index in [0.29, 0.717) is 0 Å². The van der Waals surface area contributed by atoms with E-state index in [-0.39, 0.29) is 0 Å². The molecule has 0 saturated heterocycles. The molecule has 0 spiro atoms. The van der Waals surface area contributed by atoms with Crippen LogP contribution < -0.4 is 5.32 Å². The van der Waals surface area contributed by atoms with E-state index in [1.807, 2.05) is 0 Å². The Morgan fingerprint density at radius 2 is 2.38 bits per heavy atom. The van der Waals surface area contributed by atoms with Crippen LogP contribution >= 0.6 is 0 Å². The minimum atomic E-state index is -3.05. The Morgan fingerprint density at radius 3 is 2.92 bits per heavy atom. The molecule has 1 atom stereocenters. The monoisotopic (exact) mass is 192 g/mol. The number of nitro groups is 1. The van der Waals surface area contributed by atoms with E-state index >= 15 is 0 Å². The van der Waals surface area contributed by atoms with Crippen LogP contribution in [0.15, 0.2) is 24.0 Å². The fourth-order valence-electron chi connectivity index (χ4n) is 0.831. The molecular weight excluding hydrogens is 186 g/mol. The largest absolute Gasteiger partial charge is 0.357 e. The zero-order chi connectivity index (χ0) is 9.84. The molecule has 5 nitrogen and oxygen atoms in total. The summed E-state index contributed by atoms with van der Waals surface area (Å²) in [5.41, 5.74) is -0.442. The van der Waals surface area contributed by atoms with Crippen LogP contribution in [-0.2, 0) is 4.74 Å². The summed E-state index contributed by atoms with van der Waals surface area (Å²) >= 11 is 0. The molecule has 1 rings (SSSR count). The minimum absolute atomic E-state index is 0.442. The van der Waals surface area contributed by atoms with Gasteiger partial charge in [0, 0.05) is 6.08 Å². The van der Waals surface area contributed by atoms with Crippen LogP contribution in [0.4, 0.5) is 8.78 Å². The van der Waals surface area contributed by atoms with Gasteiger partial charge in [0.1, 0.15) is 0 Å². The Morgan fingerprint density at radius 1 is 1.69 bits per heavy atom. The molecule has 0 amide bonds. The van der Waals surface area contributed by atoms with Gasteiger partial charge in [-0.1, -0.05) is 0 Å². The van der Waals surface area contributed by atoms with Crippen molar-refractivity contribution in [3.63, 3.8) is 0 Å². The molecule has 0 aliphatic carbocycles. The van der Waals surface area contributed by atoms with Crippen molar-refractivity contribution in [3.05, 3.63) is 34.2 Å². The van der Waals surface area contributed by atoms with Crippen molar-refractivity contribution in [3.8, 4) is 0 Å². The Bertz CT molecular complexity index is 265. The summed E-state index contributed by atoms with van der Waals surface area (Å²) in [4.78, 5) is 9.51. The van der Waals surface area contributed by atoms with Crippen molar-refractivity contribution in [2.45, 2.75) is 12.8 Å². The number of hydrogen-bond acceptors (Lipinski definition) is 4. The molecule has 1 N–H and O–H groups in total. The summed E-state index contributed by atoms with van der Waals surface area (Å²) in [7, 11) is 0. The first-order valence-corrected chi connectivity index (χ1v) is 3.32. The van der Waals surface area contributed by atoms with Crippen LogP contribution in [0.3, 0.4) is 0 Å². The molecule has 13 heavy (non-hydrogen) atoms. The number of hydrogen-bond donors (Lipinski definition) is 1. The number of halogens is 2. The molecule has 0 bridgehead atoms. The maximum atomic E-state index is 11.7. The lowest BCUT2D eigenvalue weighted by Crippen LogP contribution is -2.35. The van der Waals surface area contributed by atoms with Crippen molar-refractivity contribution >= 4 is 0 Å². The third kappa shape index (κ3) is 2.48. The van der Waals surface area contributed by atoms with Gasteiger partial charge in [-0.3, -0.25) is 14.9 Å². The fourth-order valence-corrected chi connectivity index (χ4v) is 0.831. The first kappa shape index (κ1) is 9.59. The van der Waals surface area contributed by atoms with Gasteiger partial charge in [-0.15, -0.1) is 0 Å². The first-order chi connectivity index (χ1) is 6.11. The summed E-state index contributed by atoms with van der Waals surface area (Å²) in [6, 6.07) is 0. The average molecular weight is 192 g/mol. The van der Waals surface area contributed by atoms with Crippen LogP contribution in [0.1, 0.15) is 0 Å². The quantitative estimate of drug-likeness (QED) is 0.531. The highest BCUT2D eigenvalue weighted by molar-refractivity contribution is 5.15. The molecule has 1 heterocycles. The second-order valence-electron chi connectivity index (χ2n) is 2.15. The average Bonchev–Trinajstić information content (AvgIpc) is 2.03. The van der Waals surface area contributed by atoms with Gasteiger partial charge < -0.3 is 5.32 Å². The van der Waals surface area contributed by atoms with E-state index < -0.39 is 23.5 Å². The molecule has 1 aliphatic rings. The number of allylic oxidation sites excluding steroid dienone is 2. The number of ether oxygens (including phenoxy) is 1. The summed E-state index contributed by atoms with van der Waals surface area (Å²) < 4.78 is 27.4. The number of nitrogens with zero attached hydrogens (tertiary/aromatic N) is 1. The number of nitrogens with one attached hydrogen (secondary N) is 1. The van der Waals surface area contributed by atoms with Crippen LogP contribution in [0.5, 0.6) is 0 Å². The number of dihydropyridines is 1. The third-order valence-electron chi connectivity index (χ3n) is 1.33. The Balaban J connectivity index is 2.69. The number of alkyl halides is 2. The van der Waals surface area contributed by atoms with Crippen molar-refractivity contribution < 1.29 is 18.4 Å². The topological polar surface area (TPSA) is 64.4 Å². The van der Waals surface area contributed by atoms with Crippen molar-refractivity contribution in [2.24, 2.45) is 0 Å². The zero-order valence-corrected chi connectivity index (χ0v) is 6.31. The highest BCUT2D eigenvalue weighted by atomic mass is 19.3. The van der Waals surface area contributed by atoms with Crippen molar-refractivity contribution in [2.75, 3.05) is 0 Å². The molecule has 72 valence electrons. The minimum Gasteiger partial charge on any atom is -0.357 e. The van der Waals surface area contributed by atoms with Crippen LogP contribution in [-0.4, -0.2) is 17.8 Å². The molecule has 0 aromatic carbocycles. The predicted octanol–water partition coefficient (Wildman–Crippen LogP) is 0.829. The van der Waals surface area contributed by atoms with Gasteiger partial charge >= 0.3 is 6.61 Å². The third-order valence-corrected chi connectivity index (χ3v) is 1.33. The van der Waals surface area contributed by atoms with E-state index in [4.69, 9.17) is 0 Å². The lowest BCUT2D eigenvalue weighted by molar-refractivity contribution is -0.441. The van der Waals surface area contributed by atoms with Crippen LogP contribution in [0, 0.1) is 10.1 Å². The summed E-state index contributed by atoms with van der Waals surface area (Å²) in [5, 5.41) is 12.6. The summed E-state index contributed by atoms with van der Waals surface area (Å²) in [5.74, 6) is 0. The maximum absolute atomic E-state index is 11.7. The van der Waals surface area contributed by atoms with Gasteiger partial charge in [-0.25, -0.2) is 0 Å². The molecule has 0 radical (unpaired) electrons. The van der Waals surface area contributed by atoms with Gasteiger partial charge in [0.15, 0.2) is 0 Å². The Labute approximate surface area is 71.8 Å². The number of rotatable bonds is 3. The zero-order valence-electron chi connectivity index (χ0n) is 6.31. The predicted molar refractivity (Wildman–Crippen MR) is 38.2 cm³/mol. The molecule has 0 aromatic rings. The second-order valence-corrected chi connectivity index (χ2v) is 2.15. The fraction of sp³-hybridized carbons (Fsp3) is 0.333. The van der Waals surface area contributed by atoms with Gasteiger partial charge in [0.05, 0.1) is 4.92 Å². The van der Waals surface area contributed by atoms with Gasteiger partial charge in [-0.05, 0) is 12.3 Å².